The van der Waals surface area contributed by atoms with Crippen LogP contribution in [-0.4, -0.2) is 25.2 Å². The second-order valence-corrected chi connectivity index (χ2v) is 5.27. The molecule has 0 aliphatic carbocycles. The lowest BCUT2D eigenvalue weighted by atomic mass is 10.1. The number of benzene rings is 1. The van der Waals surface area contributed by atoms with Gasteiger partial charge in [-0.25, -0.2) is 4.98 Å². The number of hydrogen-bond donors (Lipinski definition) is 1. The Morgan fingerprint density at radius 2 is 2.25 bits per heavy atom. The highest BCUT2D eigenvalue weighted by atomic mass is 32.1. The van der Waals surface area contributed by atoms with Gasteiger partial charge in [0, 0.05) is 31.1 Å². The Hall–Kier alpha value is -1.43. The molecule has 5 heteroatoms. The van der Waals surface area contributed by atoms with Gasteiger partial charge in [-0.1, -0.05) is 17.7 Å². The number of methoxy groups -OCH3 is 1. The average Bonchev–Trinajstić information content (AvgIpc) is 2.96. The highest BCUT2D eigenvalue weighted by molar-refractivity contribution is 7.07. The van der Waals surface area contributed by atoms with Crippen LogP contribution in [0.5, 0.6) is 5.75 Å². The minimum Gasteiger partial charge on any atom is -0.487 e. The van der Waals surface area contributed by atoms with Crippen molar-refractivity contribution >= 4 is 11.3 Å². The highest BCUT2D eigenvalue weighted by Crippen LogP contribution is 2.21. The Morgan fingerprint density at radius 1 is 1.35 bits per heavy atom. The lowest BCUT2D eigenvalue weighted by Crippen LogP contribution is -2.19. The normalized spacial score (nSPS) is 10.7. The zero-order valence-electron chi connectivity index (χ0n) is 11.9. The summed E-state index contributed by atoms with van der Waals surface area (Å²) in [6.07, 6.45) is 0. The average molecular weight is 292 g/mol. The van der Waals surface area contributed by atoms with Crippen molar-refractivity contribution in [1.82, 2.24) is 10.3 Å². The first-order valence-electron chi connectivity index (χ1n) is 6.58. The Balaban J connectivity index is 1.95. The molecule has 108 valence electrons. The third-order valence-corrected chi connectivity index (χ3v) is 3.51. The van der Waals surface area contributed by atoms with Crippen LogP contribution in [0.15, 0.2) is 29.1 Å². The van der Waals surface area contributed by atoms with Gasteiger partial charge in [-0.15, -0.1) is 11.3 Å². The van der Waals surface area contributed by atoms with Crippen molar-refractivity contribution in [3.63, 3.8) is 0 Å². The zero-order chi connectivity index (χ0) is 14.2. The Kier molecular flexibility index (Phi) is 5.98. The predicted octanol–water partition coefficient (Wildman–Crippen LogP) is 2.77. The molecule has 0 saturated heterocycles. The molecule has 4 nitrogen and oxygen atoms in total. The third-order valence-electron chi connectivity index (χ3n) is 2.87. The molecule has 1 heterocycles. The largest absolute Gasteiger partial charge is 0.487 e. The fraction of sp³-hybridized carbons (Fsp3) is 0.400. The van der Waals surface area contributed by atoms with E-state index in [1.807, 2.05) is 17.0 Å². The monoisotopic (exact) mass is 292 g/mol. The van der Waals surface area contributed by atoms with E-state index in [-0.39, 0.29) is 0 Å². The first-order chi connectivity index (χ1) is 9.79. The molecule has 0 saturated carbocycles. The van der Waals surface area contributed by atoms with E-state index in [2.05, 4.69) is 29.4 Å². The fourth-order valence-electron chi connectivity index (χ4n) is 1.84. The smallest absolute Gasteiger partial charge is 0.131 e. The number of hydrogen-bond acceptors (Lipinski definition) is 5. The molecular formula is C15H20N2O2S. The number of aryl methyl sites for hydroxylation is 1. The minimum absolute atomic E-state index is 0.512. The number of thiazole rings is 1. The second kappa shape index (κ2) is 7.99. The first-order valence-corrected chi connectivity index (χ1v) is 7.53. The van der Waals surface area contributed by atoms with Gasteiger partial charge in [-0.05, 0) is 13.0 Å². The predicted molar refractivity (Wildman–Crippen MR) is 81.2 cm³/mol. The van der Waals surface area contributed by atoms with Crippen LogP contribution in [0.3, 0.4) is 0 Å². The van der Waals surface area contributed by atoms with Gasteiger partial charge in [0.1, 0.15) is 12.4 Å². The van der Waals surface area contributed by atoms with Crippen LogP contribution in [-0.2, 0) is 17.9 Å². The minimum atomic E-state index is 0.512. The number of ether oxygens (including phenoxy) is 2. The molecule has 0 fully saturated rings. The Bertz CT molecular complexity index is 515. The van der Waals surface area contributed by atoms with Crippen molar-refractivity contribution in [1.29, 1.82) is 0 Å². The molecule has 0 unspecified atom stereocenters. The van der Waals surface area contributed by atoms with Gasteiger partial charge in [0.05, 0.1) is 17.8 Å². The van der Waals surface area contributed by atoms with E-state index in [0.717, 1.165) is 30.1 Å². The molecule has 2 aromatic rings. The number of rotatable bonds is 8. The van der Waals surface area contributed by atoms with E-state index in [4.69, 9.17) is 9.47 Å². The van der Waals surface area contributed by atoms with Gasteiger partial charge >= 0.3 is 0 Å². The van der Waals surface area contributed by atoms with Crippen LogP contribution in [0.4, 0.5) is 0 Å². The molecule has 20 heavy (non-hydrogen) atoms. The van der Waals surface area contributed by atoms with Gasteiger partial charge in [0.15, 0.2) is 0 Å². The molecule has 0 spiro atoms. The molecule has 1 aromatic heterocycles. The molecule has 0 aliphatic heterocycles. The molecule has 0 amide bonds. The maximum absolute atomic E-state index is 5.87. The maximum atomic E-state index is 5.87. The third kappa shape index (κ3) is 4.59. The summed E-state index contributed by atoms with van der Waals surface area (Å²) >= 11 is 1.58. The van der Waals surface area contributed by atoms with Crippen molar-refractivity contribution in [2.24, 2.45) is 0 Å². The molecule has 0 atom stereocenters. The molecule has 0 radical (unpaired) electrons. The summed E-state index contributed by atoms with van der Waals surface area (Å²) in [4.78, 5) is 4.23. The number of nitrogens with zero attached hydrogens (tertiary/aromatic N) is 1. The van der Waals surface area contributed by atoms with Crippen LogP contribution in [0.1, 0.15) is 16.8 Å². The Morgan fingerprint density at radius 3 is 3.00 bits per heavy atom. The van der Waals surface area contributed by atoms with Crippen molar-refractivity contribution in [2.45, 2.75) is 20.1 Å². The van der Waals surface area contributed by atoms with Crippen LogP contribution in [0.2, 0.25) is 0 Å². The van der Waals surface area contributed by atoms with Crippen LogP contribution < -0.4 is 10.1 Å². The molecule has 0 aliphatic rings. The van der Waals surface area contributed by atoms with Crippen molar-refractivity contribution < 1.29 is 9.47 Å². The standard InChI is InChI=1S/C15H20N2O2S/c1-12-3-4-15(19-9-14-10-20-11-17-14)13(7-12)8-16-5-6-18-2/h3-4,7,10-11,16H,5-6,8-9H2,1-2H3. The summed E-state index contributed by atoms with van der Waals surface area (Å²) in [5.41, 5.74) is 5.18. The van der Waals surface area contributed by atoms with Gasteiger partial charge in [-0.2, -0.15) is 0 Å². The van der Waals surface area contributed by atoms with Crippen LogP contribution in [0.25, 0.3) is 0 Å². The van der Waals surface area contributed by atoms with Gasteiger partial charge < -0.3 is 14.8 Å². The molecular weight excluding hydrogens is 272 g/mol. The molecule has 0 bridgehead atoms. The maximum Gasteiger partial charge on any atom is 0.131 e. The van der Waals surface area contributed by atoms with Gasteiger partial charge in [0.25, 0.3) is 0 Å². The first kappa shape index (κ1) is 15.0. The number of nitrogens with one attached hydrogen (secondary N) is 1. The Labute approximate surface area is 123 Å². The summed E-state index contributed by atoms with van der Waals surface area (Å²) in [5, 5.41) is 5.35. The molecule has 1 aromatic carbocycles. The fourth-order valence-corrected chi connectivity index (χ4v) is 2.39. The van der Waals surface area contributed by atoms with E-state index < -0.39 is 0 Å². The summed E-state index contributed by atoms with van der Waals surface area (Å²) in [5.74, 6) is 0.911. The molecule has 2 rings (SSSR count). The second-order valence-electron chi connectivity index (χ2n) is 4.55. The van der Waals surface area contributed by atoms with Crippen molar-refractivity contribution in [3.05, 3.63) is 45.9 Å². The number of aromatic nitrogens is 1. The summed E-state index contributed by atoms with van der Waals surface area (Å²) in [7, 11) is 1.71. The van der Waals surface area contributed by atoms with E-state index in [0.29, 0.717) is 13.2 Å². The van der Waals surface area contributed by atoms with E-state index in [1.165, 1.54) is 5.56 Å². The molecule has 1 N–H and O–H groups in total. The summed E-state index contributed by atoms with van der Waals surface area (Å²) in [6.45, 7) is 4.91. The lowest BCUT2D eigenvalue weighted by molar-refractivity contribution is 0.199. The van der Waals surface area contributed by atoms with Gasteiger partial charge in [-0.3, -0.25) is 0 Å². The topological polar surface area (TPSA) is 43.4 Å². The van der Waals surface area contributed by atoms with Crippen molar-refractivity contribution in [2.75, 3.05) is 20.3 Å². The van der Waals surface area contributed by atoms with Crippen LogP contribution in [0, 0.1) is 6.92 Å². The van der Waals surface area contributed by atoms with Crippen LogP contribution >= 0.6 is 11.3 Å². The van der Waals surface area contributed by atoms with E-state index in [1.54, 1.807) is 18.4 Å². The van der Waals surface area contributed by atoms with E-state index in [9.17, 15) is 0 Å². The zero-order valence-corrected chi connectivity index (χ0v) is 12.7. The quantitative estimate of drug-likeness (QED) is 0.760. The SMILES string of the molecule is COCCNCc1cc(C)ccc1OCc1cscn1. The van der Waals surface area contributed by atoms with Crippen molar-refractivity contribution in [3.8, 4) is 5.75 Å². The lowest BCUT2D eigenvalue weighted by Gasteiger charge is -2.12. The highest BCUT2D eigenvalue weighted by Gasteiger charge is 2.05. The van der Waals surface area contributed by atoms with E-state index >= 15 is 0 Å². The van der Waals surface area contributed by atoms with Gasteiger partial charge in [0.2, 0.25) is 0 Å². The summed E-state index contributed by atoms with van der Waals surface area (Å²) in [6, 6.07) is 6.24. The summed E-state index contributed by atoms with van der Waals surface area (Å²) < 4.78 is 10.9.